The van der Waals surface area contributed by atoms with Crippen LogP contribution in [0.15, 0.2) is 35.6 Å². The second-order valence-corrected chi connectivity index (χ2v) is 5.75. The first-order valence-electron chi connectivity index (χ1n) is 6.93. The van der Waals surface area contributed by atoms with Crippen LogP contribution in [0, 0.1) is 5.41 Å². The molecule has 0 radical (unpaired) electrons. The maximum atomic E-state index is 8.74. The standard InChI is InChI=1S/C15H22N4O/c1-15(2,14(16)18-20)9-5-6-10-19-13-8-4-3-7-12(13)11-17-19/h3-4,7-8,11,20H,5-6,9-10H2,1-2H3,(H2,16,18). The molecule has 2 aromatic rings. The Morgan fingerprint density at radius 3 is 2.85 bits per heavy atom. The molecule has 5 nitrogen and oxygen atoms in total. The number of aryl methyl sites for hydroxylation is 1. The number of para-hydroxylation sites is 1. The molecule has 0 aliphatic rings. The van der Waals surface area contributed by atoms with Gasteiger partial charge in [0.25, 0.3) is 0 Å². The van der Waals surface area contributed by atoms with Crippen LogP contribution in [0.4, 0.5) is 0 Å². The number of amidine groups is 1. The molecule has 3 N–H and O–H groups in total. The number of nitrogens with two attached hydrogens (primary N) is 1. The minimum atomic E-state index is -0.263. The second kappa shape index (κ2) is 5.94. The minimum absolute atomic E-state index is 0.263. The molecule has 0 amide bonds. The van der Waals surface area contributed by atoms with Gasteiger partial charge in [-0.2, -0.15) is 5.10 Å². The van der Waals surface area contributed by atoms with E-state index >= 15 is 0 Å². The summed E-state index contributed by atoms with van der Waals surface area (Å²) in [6, 6.07) is 8.21. The van der Waals surface area contributed by atoms with Crippen molar-refractivity contribution in [3.05, 3.63) is 30.5 Å². The van der Waals surface area contributed by atoms with Crippen LogP contribution in [0.3, 0.4) is 0 Å². The first-order chi connectivity index (χ1) is 9.54. The summed E-state index contributed by atoms with van der Waals surface area (Å²) in [5.74, 6) is 0.294. The Balaban J connectivity index is 1.88. The maximum absolute atomic E-state index is 8.74. The van der Waals surface area contributed by atoms with Gasteiger partial charge in [0.1, 0.15) is 5.84 Å². The molecule has 1 aromatic heterocycles. The lowest BCUT2D eigenvalue weighted by molar-refractivity contribution is 0.304. The molecule has 0 atom stereocenters. The van der Waals surface area contributed by atoms with Crippen molar-refractivity contribution in [3.8, 4) is 0 Å². The van der Waals surface area contributed by atoms with Crippen molar-refractivity contribution in [1.29, 1.82) is 0 Å². The number of aromatic nitrogens is 2. The number of benzene rings is 1. The molecule has 0 aliphatic heterocycles. The fourth-order valence-corrected chi connectivity index (χ4v) is 2.30. The summed E-state index contributed by atoms with van der Waals surface area (Å²) < 4.78 is 2.03. The smallest absolute Gasteiger partial charge is 0.144 e. The van der Waals surface area contributed by atoms with Crippen molar-refractivity contribution >= 4 is 16.7 Å². The van der Waals surface area contributed by atoms with E-state index in [2.05, 4.69) is 22.4 Å². The lowest BCUT2D eigenvalue weighted by atomic mass is 9.86. The molecule has 0 unspecified atom stereocenters. The normalized spacial score (nSPS) is 13.0. The predicted molar refractivity (Wildman–Crippen MR) is 80.8 cm³/mol. The van der Waals surface area contributed by atoms with Crippen molar-refractivity contribution < 1.29 is 5.21 Å². The summed E-state index contributed by atoms with van der Waals surface area (Å²) in [6.07, 6.45) is 4.82. The zero-order chi connectivity index (χ0) is 14.6. The van der Waals surface area contributed by atoms with Crippen molar-refractivity contribution in [1.82, 2.24) is 9.78 Å². The van der Waals surface area contributed by atoms with Crippen LogP contribution >= 0.6 is 0 Å². The van der Waals surface area contributed by atoms with Gasteiger partial charge in [-0.3, -0.25) is 4.68 Å². The van der Waals surface area contributed by atoms with Gasteiger partial charge in [0.2, 0.25) is 0 Å². The maximum Gasteiger partial charge on any atom is 0.144 e. The zero-order valence-corrected chi connectivity index (χ0v) is 12.1. The molecule has 1 aromatic carbocycles. The Morgan fingerprint density at radius 1 is 1.35 bits per heavy atom. The van der Waals surface area contributed by atoms with Gasteiger partial charge in [0, 0.05) is 17.3 Å². The van der Waals surface area contributed by atoms with Gasteiger partial charge in [-0.05, 0) is 18.9 Å². The average Bonchev–Trinajstić information content (AvgIpc) is 2.86. The first kappa shape index (κ1) is 14.4. The summed E-state index contributed by atoms with van der Waals surface area (Å²) in [6.45, 7) is 4.87. The minimum Gasteiger partial charge on any atom is -0.409 e. The van der Waals surface area contributed by atoms with Crippen LogP contribution in [0.1, 0.15) is 33.1 Å². The van der Waals surface area contributed by atoms with Gasteiger partial charge < -0.3 is 10.9 Å². The van der Waals surface area contributed by atoms with E-state index in [-0.39, 0.29) is 5.41 Å². The fourth-order valence-electron chi connectivity index (χ4n) is 2.30. The van der Waals surface area contributed by atoms with Crippen molar-refractivity contribution in [2.45, 2.75) is 39.7 Å². The van der Waals surface area contributed by atoms with Crippen LogP contribution < -0.4 is 5.73 Å². The van der Waals surface area contributed by atoms with Crippen LogP contribution in [0.2, 0.25) is 0 Å². The quantitative estimate of drug-likeness (QED) is 0.279. The van der Waals surface area contributed by atoms with Gasteiger partial charge in [-0.25, -0.2) is 0 Å². The second-order valence-electron chi connectivity index (χ2n) is 5.75. The number of hydrogen-bond donors (Lipinski definition) is 2. The van der Waals surface area contributed by atoms with E-state index in [9.17, 15) is 0 Å². The SMILES string of the molecule is CC(C)(CCCCn1ncc2ccccc21)/C(N)=N/O. The van der Waals surface area contributed by atoms with Crippen molar-refractivity contribution in [3.63, 3.8) is 0 Å². The van der Waals surface area contributed by atoms with Gasteiger partial charge in [0.05, 0.1) is 11.7 Å². The lowest BCUT2D eigenvalue weighted by Gasteiger charge is -2.22. The number of nitrogens with zero attached hydrogens (tertiary/aromatic N) is 3. The number of hydrogen-bond acceptors (Lipinski definition) is 3. The summed E-state index contributed by atoms with van der Waals surface area (Å²) in [4.78, 5) is 0. The highest BCUT2D eigenvalue weighted by Gasteiger charge is 2.22. The van der Waals surface area contributed by atoms with E-state index < -0.39 is 0 Å². The van der Waals surface area contributed by atoms with Gasteiger partial charge in [-0.1, -0.05) is 43.6 Å². The van der Waals surface area contributed by atoms with Gasteiger partial charge >= 0.3 is 0 Å². The molecule has 108 valence electrons. The van der Waals surface area contributed by atoms with Crippen LogP contribution in [0.25, 0.3) is 10.9 Å². The largest absolute Gasteiger partial charge is 0.409 e. The third-order valence-electron chi connectivity index (χ3n) is 3.77. The Kier molecular flexibility index (Phi) is 4.27. The third kappa shape index (κ3) is 3.10. The number of unbranched alkanes of at least 4 members (excludes halogenated alkanes) is 1. The zero-order valence-electron chi connectivity index (χ0n) is 12.1. The monoisotopic (exact) mass is 274 g/mol. The molecule has 0 saturated carbocycles. The van der Waals surface area contributed by atoms with E-state index in [0.717, 1.165) is 25.8 Å². The molecular weight excluding hydrogens is 252 g/mol. The van der Waals surface area contributed by atoms with Crippen LogP contribution in [-0.2, 0) is 6.54 Å². The number of fused-ring (bicyclic) bond motifs is 1. The lowest BCUT2D eigenvalue weighted by Crippen LogP contribution is -2.31. The summed E-state index contributed by atoms with van der Waals surface area (Å²) >= 11 is 0. The van der Waals surface area contributed by atoms with E-state index in [0.29, 0.717) is 5.84 Å². The molecule has 0 spiro atoms. The molecule has 5 heteroatoms. The average molecular weight is 274 g/mol. The molecule has 20 heavy (non-hydrogen) atoms. The summed E-state index contributed by atoms with van der Waals surface area (Å²) in [7, 11) is 0. The van der Waals surface area contributed by atoms with Crippen LogP contribution in [-0.4, -0.2) is 20.8 Å². The van der Waals surface area contributed by atoms with E-state index in [1.54, 1.807) is 0 Å². The number of rotatable bonds is 6. The molecule has 0 saturated heterocycles. The highest BCUT2D eigenvalue weighted by molar-refractivity contribution is 5.85. The van der Waals surface area contributed by atoms with E-state index in [1.165, 1.54) is 10.9 Å². The Labute approximate surface area is 119 Å². The highest BCUT2D eigenvalue weighted by Crippen LogP contribution is 2.23. The van der Waals surface area contributed by atoms with Gasteiger partial charge in [-0.15, -0.1) is 0 Å². The highest BCUT2D eigenvalue weighted by atomic mass is 16.4. The molecule has 2 rings (SSSR count). The Hall–Kier alpha value is -2.04. The fraction of sp³-hybridized carbons (Fsp3) is 0.467. The number of oxime groups is 1. The van der Waals surface area contributed by atoms with Crippen LogP contribution in [0.5, 0.6) is 0 Å². The molecule has 0 aliphatic carbocycles. The summed E-state index contributed by atoms with van der Waals surface area (Å²) in [5, 5.41) is 17.4. The first-order valence-corrected chi connectivity index (χ1v) is 6.93. The predicted octanol–water partition coefficient (Wildman–Crippen LogP) is 2.98. The molecular formula is C15H22N4O. The third-order valence-corrected chi connectivity index (χ3v) is 3.77. The molecule has 1 heterocycles. The van der Waals surface area contributed by atoms with Crippen molar-refractivity contribution in [2.75, 3.05) is 0 Å². The van der Waals surface area contributed by atoms with E-state index in [1.807, 2.05) is 36.9 Å². The molecule has 0 bridgehead atoms. The summed E-state index contributed by atoms with van der Waals surface area (Å²) in [5.41, 5.74) is 6.59. The van der Waals surface area contributed by atoms with Crippen molar-refractivity contribution in [2.24, 2.45) is 16.3 Å². The topological polar surface area (TPSA) is 76.4 Å². The van der Waals surface area contributed by atoms with E-state index in [4.69, 9.17) is 10.9 Å². The Bertz CT molecular complexity index is 601. The molecule has 0 fully saturated rings. The van der Waals surface area contributed by atoms with Gasteiger partial charge in [0.15, 0.2) is 0 Å². The Morgan fingerprint density at radius 2 is 2.10 bits per heavy atom.